The first-order chi connectivity index (χ1) is 9.10. The lowest BCUT2D eigenvalue weighted by Gasteiger charge is -2.18. The summed E-state index contributed by atoms with van der Waals surface area (Å²) in [5.74, 6) is 0.0385. The van der Waals surface area contributed by atoms with E-state index in [9.17, 15) is 4.79 Å². The van der Waals surface area contributed by atoms with Gasteiger partial charge in [-0.15, -0.1) is 0 Å². The lowest BCUT2D eigenvalue weighted by atomic mass is 10.1. The number of likely N-dealkylation sites (N-methyl/N-ethyl adjacent to an activating group) is 1. The number of carbonyl (C=O) groups is 1. The summed E-state index contributed by atoms with van der Waals surface area (Å²) in [7, 11) is 3.43. The number of aryl methyl sites for hydroxylation is 1. The van der Waals surface area contributed by atoms with E-state index in [0.717, 1.165) is 29.8 Å². The van der Waals surface area contributed by atoms with E-state index in [1.54, 1.807) is 19.1 Å². The zero-order valence-electron chi connectivity index (χ0n) is 12.3. The van der Waals surface area contributed by atoms with Crippen molar-refractivity contribution in [3.63, 3.8) is 0 Å². The molecule has 1 N–H and O–H groups in total. The van der Waals surface area contributed by atoms with Gasteiger partial charge in [0.2, 0.25) is 0 Å². The minimum Gasteiger partial charge on any atom is -0.385 e. The van der Waals surface area contributed by atoms with Crippen molar-refractivity contribution in [3.05, 3.63) is 29.3 Å². The molecule has 0 fully saturated rings. The molecule has 0 heterocycles. The molecule has 0 aromatic heterocycles. The SMILES string of the molecule is CCCNc1ccc(C(=O)N(C)CCOC)c(C)c1. The molecule has 0 atom stereocenters. The topological polar surface area (TPSA) is 41.6 Å². The van der Waals surface area contributed by atoms with Crippen LogP contribution in [-0.4, -0.2) is 44.7 Å². The molecule has 106 valence electrons. The van der Waals surface area contributed by atoms with E-state index in [-0.39, 0.29) is 5.91 Å². The Morgan fingerprint density at radius 2 is 2.16 bits per heavy atom. The average Bonchev–Trinajstić information content (AvgIpc) is 2.41. The fraction of sp³-hybridized carbons (Fsp3) is 0.533. The van der Waals surface area contributed by atoms with E-state index >= 15 is 0 Å². The second kappa shape index (κ2) is 7.79. The second-order valence-corrected chi connectivity index (χ2v) is 4.68. The molecule has 0 spiro atoms. The van der Waals surface area contributed by atoms with Crippen molar-refractivity contribution in [1.82, 2.24) is 4.90 Å². The lowest BCUT2D eigenvalue weighted by molar-refractivity contribution is 0.0743. The molecule has 19 heavy (non-hydrogen) atoms. The molecule has 4 heteroatoms. The van der Waals surface area contributed by atoms with Crippen molar-refractivity contribution in [1.29, 1.82) is 0 Å². The number of rotatable bonds is 7. The summed E-state index contributed by atoms with van der Waals surface area (Å²) >= 11 is 0. The van der Waals surface area contributed by atoms with Crippen LogP contribution in [0.4, 0.5) is 5.69 Å². The Kier molecular flexibility index (Phi) is 6.36. The van der Waals surface area contributed by atoms with Crippen LogP contribution >= 0.6 is 0 Å². The van der Waals surface area contributed by atoms with Crippen LogP contribution in [0.15, 0.2) is 18.2 Å². The van der Waals surface area contributed by atoms with Crippen LogP contribution in [0.3, 0.4) is 0 Å². The monoisotopic (exact) mass is 264 g/mol. The van der Waals surface area contributed by atoms with Crippen LogP contribution in [0.5, 0.6) is 0 Å². The molecule has 0 radical (unpaired) electrons. The van der Waals surface area contributed by atoms with E-state index in [2.05, 4.69) is 12.2 Å². The summed E-state index contributed by atoms with van der Waals surface area (Å²) in [6.45, 7) is 6.19. The predicted octanol–water partition coefficient (Wildman–Crippen LogP) is 2.54. The molecular weight excluding hydrogens is 240 g/mol. The number of hydrogen-bond donors (Lipinski definition) is 1. The van der Waals surface area contributed by atoms with Gasteiger partial charge in [0.25, 0.3) is 5.91 Å². The Bertz CT molecular complexity index is 419. The molecule has 1 aromatic carbocycles. The smallest absolute Gasteiger partial charge is 0.253 e. The minimum atomic E-state index is 0.0385. The van der Waals surface area contributed by atoms with Crippen LogP contribution in [0.1, 0.15) is 29.3 Å². The fourth-order valence-corrected chi connectivity index (χ4v) is 1.82. The van der Waals surface area contributed by atoms with Gasteiger partial charge in [0, 0.05) is 38.5 Å². The molecule has 0 aliphatic carbocycles. The van der Waals surface area contributed by atoms with Gasteiger partial charge >= 0.3 is 0 Å². The van der Waals surface area contributed by atoms with Crippen molar-refractivity contribution in [2.45, 2.75) is 20.3 Å². The van der Waals surface area contributed by atoms with Gasteiger partial charge in [-0.1, -0.05) is 6.92 Å². The molecular formula is C15H24N2O2. The first kappa shape index (κ1) is 15.5. The Balaban J connectivity index is 2.75. The second-order valence-electron chi connectivity index (χ2n) is 4.68. The third kappa shape index (κ3) is 4.56. The van der Waals surface area contributed by atoms with Crippen molar-refractivity contribution < 1.29 is 9.53 Å². The van der Waals surface area contributed by atoms with Crippen molar-refractivity contribution in [2.24, 2.45) is 0 Å². The highest BCUT2D eigenvalue weighted by molar-refractivity contribution is 5.95. The molecule has 1 rings (SSSR count). The molecule has 0 saturated heterocycles. The molecule has 1 amide bonds. The molecule has 4 nitrogen and oxygen atoms in total. The summed E-state index contributed by atoms with van der Waals surface area (Å²) in [5.41, 5.74) is 2.81. The van der Waals surface area contributed by atoms with Gasteiger partial charge in [0.15, 0.2) is 0 Å². The Labute approximate surface area is 115 Å². The molecule has 0 aliphatic rings. The van der Waals surface area contributed by atoms with Crippen LogP contribution in [0, 0.1) is 6.92 Å². The lowest BCUT2D eigenvalue weighted by Crippen LogP contribution is -2.30. The van der Waals surface area contributed by atoms with Crippen molar-refractivity contribution in [3.8, 4) is 0 Å². The highest BCUT2D eigenvalue weighted by Crippen LogP contribution is 2.16. The zero-order valence-corrected chi connectivity index (χ0v) is 12.3. The Morgan fingerprint density at radius 3 is 2.74 bits per heavy atom. The van der Waals surface area contributed by atoms with Gasteiger partial charge in [-0.05, 0) is 37.1 Å². The summed E-state index contributed by atoms with van der Waals surface area (Å²) in [4.78, 5) is 13.9. The Hall–Kier alpha value is -1.55. The first-order valence-corrected chi connectivity index (χ1v) is 6.69. The maximum atomic E-state index is 12.2. The van der Waals surface area contributed by atoms with Crippen LogP contribution in [-0.2, 0) is 4.74 Å². The number of methoxy groups -OCH3 is 1. The van der Waals surface area contributed by atoms with Gasteiger partial charge in [0.1, 0.15) is 0 Å². The van der Waals surface area contributed by atoms with E-state index in [4.69, 9.17) is 4.74 Å². The number of carbonyl (C=O) groups excluding carboxylic acids is 1. The predicted molar refractivity (Wildman–Crippen MR) is 78.8 cm³/mol. The van der Waals surface area contributed by atoms with Gasteiger partial charge in [0.05, 0.1) is 6.61 Å². The average molecular weight is 264 g/mol. The van der Waals surface area contributed by atoms with Crippen LogP contribution in [0.2, 0.25) is 0 Å². The summed E-state index contributed by atoms with van der Waals surface area (Å²) in [5, 5.41) is 3.32. The van der Waals surface area contributed by atoms with E-state index in [0.29, 0.717) is 13.2 Å². The van der Waals surface area contributed by atoms with Gasteiger partial charge in [-0.25, -0.2) is 0 Å². The Morgan fingerprint density at radius 1 is 1.42 bits per heavy atom. The summed E-state index contributed by atoms with van der Waals surface area (Å²) < 4.78 is 4.99. The zero-order chi connectivity index (χ0) is 14.3. The largest absolute Gasteiger partial charge is 0.385 e. The van der Waals surface area contributed by atoms with Gasteiger partial charge < -0.3 is 15.0 Å². The maximum Gasteiger partial charge on any atom is 0.253 e. The van der Waals surface area contributed by atoms with E-state index < -0.39 is 0 Å². The third-order valence-corrected chi connectivity index (χ3v) is 3.01. The summed E-state index contributed by atoms with van der Waals surface area (Å²) in [6, 6.07) is 5.87. The highest BCUT2D eigenvalue weighted by atomic mass is 16.5. The molecule has 0 bridgehead atoms. The van der Waals surface area contributed by atoms with Crippen LogP contribution < -0.4 is 5.32 Å². The number of benzene rings is 1. The first-order valence-electron chi connectivity index (χ1n) is 6.69. The molecule has 1 aromatic rings. The number of amides is 1. The number of anilines is 1. The molecule has 0 saturated carbocycles. The van der Waals surface area contributed by atoms with Crippen molar-refractivity contribution in [2.75, 3.05) is 39.2 Å². The number of nitrogens with zero attached hydrogens (tertiary/aromatic N) is 1. The third-order valence-electron chi connectivity index (χ3n) is 3.01. The molecule has 0 aliphatic heterocycles. The van der Waals surface area contributed by atoms with Gasteiger partial charge in [-0.2, -0.15) is 0 Å². The standard InChI is InChI=1S/C15H24N2O2/c1-5-8-16-13-6-7-14(12(2)11-13)15(18)17(3)9-10-19-4/h6-7,11,16H,5,8-10H2,1-4H3. The van der Waals surface area contributed by atoms with Gasteiger partial charge in [-0.3, -0.25) is 4.79 Å². The summed E-state index contributed by atoms with van der Waals surface area (Å²) in [6.07, 6.45) is 1.08. The molecule has 0 unspecified atom stereocenters. The fourth-order valence-electron chi connectivity index (χ4n) is 1.82. The van der Waals surface area contributed by atoms with Crippen molar-refractivity contribution >= 4 is 11.6 Å². The normalized spacial score (nSPS) is 10.3. The number of nitrogens with one attached hydrogen (secondary N) is 1. The number of hydrogen-bond acceptors (Lipinski definition) is 3. The quantitative estimate of drug-likeness (QED) is 0.823. The van der Waals surface area contributed by atoms with E-state index in [1.165, 1.54) is 0 Å². The number of ether oxygens (including phenoxy) is 1. The highest BCUT2D eigenvalue weighted by Gasteiger charge is 2.13. The maximum absolute atomic E-state index is 12.2. The van der Waals surface area contributed by atoms with Crippen LogP contribution in [0.25, 0.3) is 0 Å². The van der Waals surface area contributed by atoms with E-state index in [1.807, 2.05) is 25.1 Å². The minimum absolute atomic E-state index is 0.0385.